The van der Waals surface area contributed by atoms with Crippen molar-refractivity contribution in [3.8, 4) is 12.1 Å². The van der Waals surface area contributed by atoms with Crippen molar-refractivity contribution in [1.82, 2.24) is 0 Å². The lowest BCUT2D eigenvalue weighted by Crippen LogP contribution is -2.26. The molecule has 0 aromatic heterocycles. The highest BCUT2D eigenvalue weighted by Gasteiger charge is 2.29. The smallest absolute Gasteiger partial charge is 0.0992 e. The van der Waals surface area contributed by atoms with Crippen LogP contribution >= 0.6 is 15.9 Å². The van der Waals surface area contributed by atoms with Gasteiger partial charge in [-0.15, -0.1) is 0 Å². The summed E-state index contributed by atoms with van der Waals surface area (Å²) in [4.78, 5) is 2.26. The minimum atomic E-state index is 0.531. The molecule has 0 N–H and O–H groups in total. The van der Waals surface area contributed by atoms with Crippen molar-refractivity contribution < 1.29 is 0 Å². The second-order valence-corrected chi connectivity index (χ2v) is 4.97. The van der Waals surface area contributed by atoms with Crippen LogP contribution in [0.5, 0.6) is 0 Å². The van der Waals surface area contributed by atoms with E-state index in [-0.39, 0.29) is 0 Å². The van der Waals surface area contributed by atoms with E-state index in [1.165, 1.54) is 12.8 Å². The van der Waals surface area contributed by atoms with Gasteiger partial charge in [0.05, 0.1) is 29.8 Å². The molecular formula is C13H12BrN3. The van der Waals surface area contributed by atoms with Crippen molar-refractivity contribution in [2.24, 2.45) is 0 Å². The van der Waals surface area contributed by atoms with Crippen molar-refractivity contribution in [3.63, 3.8) is 0 Å². The van der Waals surface area contributed by atoms with E-state index in [2.05, 4.69) is 33.0 Å². The Morgan fingerprint density at radius 2 is 2.12 bits per heavy atom. The third-order valence-electron chi connectivity index (χ3n) is 2.84. The largest absolute Gasteiger partial charge is 0.367 e. The summed E-state index contributed by atoms with van der Waals surface area (Å²) in [5, 5.41) is 17.5. The molecule has 86 valence electrons. The molecule has 1 aromatic carbocycles. The van der Waals surface area contributed by atoms with Gasteiger partial charge in [-0.05, 0) is 47.0 Å². The molecular weight excluding hydrogens is 278 g/mol. The van der Waals surface area contributed by atoms with E-state index in [0.29, 0.717) is 18.0 Å². The topological polar surface area (TPSA) is 50.8 Å². The van der Waals surface area contributed by atoms with Gasteiger partial charge in [-0.1, -0.05) is 0 Å². The van der Waals surface area contributed by atoms with Crippen LogP contribution < -0.4 is 4.90 Å². The molecule has 0 atom stereocenters. The van der Waals surface area contributed by atoms with Gasteiger partial charge in [0, 0.05) is 17.1 Å². The molecule has 3 nitrogen and oxygen atoms in total. The van der Waals surface area contributed by atoms with Crippen molar-refractivity contribution >= 4 is 21.6 Å². The van der Waals surface area contributed by atoms with Crippen molar-refractivity contribution in [2.75, 3.05) is 11.4 Å². The maximum atomic E-state index is 8.83. The zero-order valence-electron chi connectivity index (χ0n) is 9.36. The molecule has 0 unspecified atom stereocenters. The van der Waals surface area contributed by atoms with E-state index in [0.717, 1.165) is 16.7 Å². The van der Waals surface area contributed by atoms with E-state index in [4.69, 9.17) is 10.5 Å². The molecule has 1 fully saturated rings. The Bertz CT molecular complexity index is 494. The summed E-state index contributed by atoms with van der Waals surface area (Å²) in [6.45, 7) is 0.756. The van der Waals surface area contributed by atoms with Crippen LogP contribution in [0, 0.1) is 22.7 Å². The second kappa shape index (κ2) is 5.21. The summed E-state index contributed by atoms with van der Waals surface area (Å²) >= 11 is 3.50. The quantitative estimate of drug-likeness (QED) is 0.855. The molecule has 1 aromatic rings. The molecule has 0 amide bonds. The number of hydrogen-bond donors (Lipinski definition) is 0. The van der Waals surface area contributed by atoms with E-state index in [1.807, 2.05) is 18.2 Å². The maximum absolute atomic E-state index is 8.83. The number of nitriles is 2. The monoisotopic (exact) mass is 289 g/mol. The summed E-state index contributed by atoms with van der Waals surface area (Å²) in [6.07, 6.45) is 2.92. The van der Waals surface area contributed by atoms with E-state index >= 15 is 0 Å². The molecule has 1 saturated carbocycles. The Kier molecular flexibility index (Phi) is 3.66. The first kappa shape index (κ1) is 12.0. The second-order valence-electron chi connectivity index (χ2n) is 4.11. The first-order chi connectivity index (χ1) is 8.26. The van der Waals surface area contributed by atoms with Crippen LogP contribution in [0.3, 0.4) is 0 Å². The zero-order chi connectivity index (χ0) is 12.3. The molecule has 1 aliphatic carbocycles. The van der Waals surface area contributed by atoms with Crippen LogP contribution in [-0.4, -0.2) is 12.6 Å². The van der Waals surface area contributed by atoms with Gasteiger partial charge in [-0.2, -0.15) is 10.5 Å². The van der Waals surface area contributed by atoms with Gasteiger partial charge in [-0.25, -0.2) is 0 Å². The van der Waals surface area contributed by atoms with E-state index < -0.39 is 0 Å². The lowest BCUT2D eigenvalue weighted by molar-refractivity contribution is 0.791. The van der Waals surface area contributed by atoms with Gasteiger partial charge in [0.15, 0.2) is 0 Å². The number of rotatable bonds is 4. The Morgan fingerprint density at radius 1 is 1.35 bits per heavy atom. The molecule has 17 heavy (non-hydrogen) atoms. The predicted octanol–water partition coefficient (Wildman–Crippen LogP) is 3.20. The standard InChI is InChI=1S/C13H12BrN3/c14-12-8-10(9-16)2-5-13(12)17(7-1-6-15)11-3-4-11/h2,5,8,11H,1,3-4,7H2. The normalized spacial score (nSPS) is 13.8. The summed E-state index contributed by atoms with van der Waals surface area (Å²) in [5.41, 5.74) is 1.73. The fourth-order valence-corrected chi connectivity index (χ4v) is 2.47. The lowest BCUT2D eigenvalue weighted by Gasteiger charge is -2.24. The number of halogens is 1. The van der Waals surface area contributed by atoms with Gasteiger partial charge < -0.3 is 4.90 Å². The number of hydrogen-bond acceptors (Lipinski definition) is 3. The van der Waals surface area contributed by atoms with Crippen molar-refractivity contribution in [1.29, 1.82) is 10.5 Å². The summed E-state index contributed by atoms with van der Waals surface area (Å²) < 4.78 is 0.932. The highest BCUT2D eigenvalue weighted by atomic mass is 79.9. The summed E-state index contributed by atoms with van der Waals surface area (Å²) in [6, 6.07) is 10.5. The number of anilines is 1. The van der Waals surface area contributed by atoms with Crippen LogP contribution in [0.1, 0.15) is 24.8 Å². The van der Waals surface area contributed by atoms with E-state index in [1.54, 1.807) is 0 Å². The molecule has 2 rings (SSSR count). The van der Waals surface area contributed by atoms with Gasteiger partial charge >= 0.3 is 0 Å². The maximum Gasteiger partial charge on any atom is 0.0992 e. The fraction of sp³-hybridized carbons (Fsp3) is 0.385. The minimum absolute atomic E-state index is 0.531. The SMILES string of the molecule is N#CCCN(c1ccc(C#N)cc1Br)C1CC1. The molecule has 1 aliphatic rings. The third-order valence-corrected chi connectivity index (χ3v) is 3.47. The van der Waals surface area contributed by atoms with Crippen LogP contribution in [0.4, 0.5) is 5.69 Å². The van der Waals surface area contributed by atoms with Crippen molar-refractivity contribution in [3.05, 3.63) is 28.2 Å². The fourth-order valence-electron chi connectivity index (χ4n) is 1.87. The highest BCUT2D eigenvalue weighted by molar-refractivity contribution is 9.10. The van der Waals surface area contributed by atoms with Gasteiger partial charge in [-0.3, -0.25) is 0 Å². The molecule has 0 saturated heterocycles. The number of nitrogens with zero attached hydrogens (tertiary/aromatic N) is 3. The minimum Gasteiger partial charge on any atom is -0.367 e. The van der Waals surface area contributed by atoms with Gasteiger partial charge in [0.2, 0.25) is 0 Å². The Morgan fingerprint density at radius 3 is 2.65 bits per heavy atom. The van der Waals surface area contributed by atoms with E-state index in [9.17, 15) is 0 Å². The zero-order valence-corrected chi connectivity index (χ0v) is 10.9. The van der Waals surface area contributed by atoms with Crippen molar-refractivity contribution in [2.45, 2.75) is 25.3 Å². The first-order valence-electron chi connectivity index (χ1n) is 5.59. The highest BCUT2D eigenvalue weighted by Crippen LogP contribution is 2.36. The average molecular weight is 290 g/mol. The Balaban J connectivity index is 2.24. The molecule has 4 heteroatoms. The van der Waals surface area contributed by atoms with Gasteiger partial charge in [0.25, 0.3) is 0 Å². The van der Waals surface area contributed by atoms with Crippen LogP contribution in [0.25, 0.3) is 0 Å². The number of benzene rings is 1. The van der Waals surface area contributed by atoms with Crippen LogP contribution in [0.15, 0.2) is 22.7 Å². The van der Waals surface area contributed by atoms with Crippen LogP contribution in [-0.2, 0) is 0 Å². The first-order valence-corrected chi connectivity index (χ1v) is 6.39. The molecule has 0 aliphatic heterocycles. The summed E-state index contributed by atoms with van der Waals surface area (Å²) in [7, 11) is 0. The molecule has 0 heterocycles. The molecule has 0 radical (unpaired) electrons. The average Bonchev–Trinajstić information content (AvgIpc) is 3.15. The van der Waals surface area contributed by atoms with Crippen LogP contribution in [0.2, 0.25) is 0 Å². The van der Waals surface area contributed by atoms with Gasteiger partial charge in [0.1, 0.15) is 0 Å². The third kappa shape index (κ3) is 2.78. The summed E-state index contributed by atoms with van der Waals surface area (Å²) in [5.74, 6) is 0. The Labute approximate surface area is 109 Å². The molecule has 0 spiro atoms. The molecule has 0 bridgehead atoms. The Hall–Kier alpha value is -1.52. The lowest BCUT2D eigenvalue weighted by atomic mass is 10.2. The predicted molar refractivity (Wildman–Crippen MR) is 69.5 cm³/mol.